The predicted octanol–water partition coefficient (Wildman–Crippen LogP) is 7.62. The summed E-state index contributed by atoms with van der Waals surface area (Å²) in [5.41, 5.74) is 10.7. The van der Waals surface area contributed by atoms with Crippen LogP contribution < -0.4 is 0 Å². The van der Waals surface area contributed by atoms with E-state index in [1.165, 1.54) is 44.5 Å². The molecule has 0 saturated heterocycles. The fraction of sp³-hybridized carbons (Fsp3) is 0.294. The molecule has 0 radical (unpaired) electrons. The smallest absolute Gasteiger partial charge is 0.0237 e. The quantitative estimate of drug-likeness (QED) is 0.220. The lowest BCUT2D eigenvalue weighted by atomic mass is 10.1. The van der Waals surface area contributed by atoms with Crippen molar-refractivity contribution in [3.8, 4) is 0 Å². The van der Waals surface area contributed by atoms with Gasteiger partial charge in [0.2, 0.25) is 0 Å². The molecule has 0 heterocycles. The van der Waals surface area contributed by atoms with E-state index in [-0.39, 0.29) is 0 Å². The Kier molecular flexibility index (Phi) is 9.11. The molecule has 4 aromatic rings. The van der Waals surface area contributed by atoms with E-state index in [2.05, 4.69) is 135 Å². The standard InChI is InChI=1S/C34H40N2/c1-27-5-13-31(14-6-27)23-35(24-32-15-7-28(2)8-16-32)21-22-36(25-33-17-9-29(3)10-18-33)26-34-19-11-30(4)12-20-34/h5-20H,21-26H2,1-4H3. The Morgan fingerprint density at radius 1 is 0.333 bits per heavy atom. The molecule has 0 N–H and O–H groups in total. The molecule has 0 fully saturated rings. The number of nitrogens with zero attached hydrogens (tertiary/aromatic N) is 2. The van der Waals surface area contributed by atoms with Crippen molar-refractivity contribution in [2.24, 2.45) is 0 Å². The van der Waals surface area contributed by atoms with Gasteiger partial charge < -0.3 is 0 Å². The lowest BCUT2D eigenvalue weighted by Crippen LogP contribution is -2.34. The van der Waals surface area contributed by atoms with Gasteiger partial charge in [-0.3, -0.25) is 9.80 Å². The summed E-state index contributed by atoms with van der Waals surface area (Å²) in [6, 6.07) is 36.0. The second-order valence-corrected chi connectivity index (χ2v) is 10.4. The van der Waals surface area contributed by atoms with E-state index in [0.29, 0.717) is 0 Å². The first kappa shape index (κ1) is 25.9. The van der Waals surface area contributed by atoms with Crippen molar-refractivity contribution in [1.82, 2.24) is 9.80 Å². The Balaban J connectivity index is 1.50. The number of hydrogen-bond donors (Lipinski definition) is 0. The molecule has 4 aromatic carbocycles. The molecule has 0 aliphatic heterocycles. The summed E-state index contributed by atoms with van der Waals surface area (Å²) in [6.45, 7) is 14.5. The molecule has 4 rings (SSSR count). The lowest BCUT2D eigenvalue weighted by molar-refractivity contribution is 0.182. The average Bonchev–Trinajstić information content (AvgIpc) is 2.88. The summed E-state index contributed by atoms with van der Waals surface area (Å²) in [5, 5.41) is 0. The van der Waals surface area contributed by atoms with Crippen molar-refractivity contribution in [2.45, 2.75) is 53.9 Å². The van der Waals surface area contributed by atoms with Crippen molar-refractivity contribution in [3.63, 3.8) is 0 Å². The second kappa shape index (κ2) is 12.7. The van der Waals surface area contributed by atoms with Crippen LogP contribution in [0.1, 0.15) is 44.5 Å². The third kappa shape index (κ3) is 8.19. The Labute approximate surface area is 218 Å². The van der Waals surface area contributed by atoms with Gasteiger partial charge in [0.15, 0.2) is 0 Å². The van der Waals surface area contributed by atoms with E-state index in [1.54, 1.807) is 0 Å². The zero-order chi connectivity index (χ0) is 25.3. The zero-order valence-corrected chi connectivity index (χ0v) is 22.4. The number of rotatable bonds is 11. The van der Waals surface area contributed by atoms with Gasteiger partial charge in [-0.05, 0) is 49.9 Å². The molecular weight excluding hydrogens is 436 g/mol. The summed E-state index contributed by atoms with van der Waals surface area (Å²) in [4.78, 5) is 5.18. The van der Waals surface area contributed by atoms with Crippen molar-refractivity contribution in [2.75, 3.05) is 13.1 Å². The molecule has 186 valence electrons. The summed E-state index contributed by atoms with van der Waals surface area (Å²) in [6.07, 6.45) is 0. The third-order valence-corrected chi connectivity index (χ3v) is 6.84. The van der Waals surface area contributed by atoms with Gasteiger partial charge in [0, 0.05) is 39.3 Å². The fourth-order valence-corrected chi connectivity index (χ4v) is 4.52. The molecule has 0 atom stereocenters. The highest BCUT2D eigenvalue weighted by atomic mass is 15.2. The molecule has 0 saturated carbocycles. The largest absolute Gasteiger partial charge is 0.294 e. The summed E-state index contributed by atoms with van der Waals surface area (Å²) in [7, 11) is 0. The Morgan fingerprint density at radius 2 is 0.528 bits per heavy atom. The molecule has 0 unspecified atom stereocenters. The van der Waals surface area contributed by atoms with E-state index in [1.807, 2.05) is 0 Å². The van der Waals surface area contributed by atoms with Gasteiger partial charge in [0.05, 0.1) is 0 Å². The van der Waals surface area contributed by atoms with Crippen LogP contribution in [0.4, 0.5) is 0 Å². The predicted molar refractivity (Wildman–Crippen MR) is 153 cm³/mol. The Bertz CT molecular complexity index is 996. The molecule has 36 heavy (non-hydrogen) atoms. The van der Waals surface area contributed by atoms with E-state index < -0.39 is 0 Å². The van der Waals surface area contributed by atoms with Crippen molar-refractivity contribution < 1.29 is 0 Å². The summed E-state index contributed by atoms with van der Waals surface area (Å²) < 4.78 is 0. The van der Waals surface area contributed by atoms with Gasteiger partial charge in [0.1, 0.15) is 0 Å². The van der Waals surface area contributed by atoms with Crippen LogP contribution in [0.25, 0.3) is 0 Å². The van der Waals surface area contributed by atoms with Crippen LogP contribution in [0.3, 0.4) is 0 Å². The fourth-order valence-electron chi connectivity index (χ4n) is 4.52. The Morgan fingerprint density at radius 3 is 0.722 bits per heavy atom. The second-order valence-electron chi connectivity index (χ2n) is 10.4. The molecule has 0 aliphatic carbocycles. The van der Waals surface area contributed by atoms with Crippen LogP contribution >= 0.6 is 0 Å². The van der Waals surface area contributed by atoms with Gasteiger partial charge in [-0.25, -0.2) is 0 Å². The summed E-state index contributed by atoms with van der Waals surface area (Å²) in [5.74, 6) is 0. The first-order chi connectivity index (χ1) is 17.4. The average molecular weight is 477 g/mol. The molecule has 0 spiro atoms. The van der Waals surface area contributed by atoms with Gasteiger partial charge >= 0.3 is 0 Å². The highest BCUT2D eigenvalue weighted by molar-refractivity contribution is 5.25. The number of aryl methyl sites for hydroxylation is 4. The first-order valence-corrected chi connectivity index (χ1v) is 13.1. The van der Waals surface area contributed by atoms with Gasteiger partial charge in [-0.15, -0.1) is 0 Å². The molecule has 2 nitrogen and oxygen atoms in total. The van der Waals surface area contributed by atoms with E-state index >= 15 is 0 Å². The van der Waals surface area contributed by atoms with Crippen LogP contribution in [0, 0.1) is 27.7 Å². The van der Waals surface area contributed by atoms with Crippen LogP contribution in [0.15, 0.2) is 97.1 Å². The Hall–Kier alpha value is -3.20. The van der Waals surface area contributed by atoms with Crippen molar-refractivity contribution >= 4 is 0 Å². The van der Waals surface area contributed by atoms with E-state index in [9.17, 15) is 0 Å². The number of hydrogen-bond acceptors (Lipinski definition) is 2. The highest BCUT2D eigenvalue weighted by Crippen LogP contribution is 2.15. The van der Waals surface area contributed by atoms with E-state index in [4.69, 9.17) is 0 Å². The minimum absolute atomic E-state index is 0.955. The van der Waals surface area contributed by atoms with Crippen molar-refractivity contribution in [1.29, 1.82) is 0 Å². The minimum atomic E-state index is 0.955. The minimum Gasteiger partial charge on any atom is -0.294 e. The molecule has 2 heteroatoms. The monoisotopic (exact) mass is 476 g/mol. The maximum Gasteiger partial charge on any atom is 0.0237 e. The van der Waals surface area contributed by atoms with Crippen LogP contribution in [0.5, 0.6) is 0 Å². The SMILES string of the molecule is Cc1ccc(CN(CCN(Cc2ccc(C)cc2)Cc2ccc(C)cc2)Cc2ccc(C)cc2)cc1. The van der Waals surface area contributed by atoms with Crippen molar-refractivity contribution in [3.05, 3.63) is 142 Å². The van der Waals surface area contributed by atoms with Gasteiger partial charge in [0.25, 0.3) is 0 Å². The molecule has 0 amide bonds. The van der Waals surface area contributed by atoms with Gasteiger partial charge in [-0.2, -0.15) is 0 Å². The number of benzene rings is 4. The lowest BCUT2D eigenvalue weighted by Gasteiger charge is -2.28. The van der Waals surface area contributed by atoms with Crippen LogP contribution in [-0.2, 0) is 26.2 Å². The molecule has 0 aliphatic rings. The summed E-state index contributed by atoms with van der Waals surface area (Å²) >= 11 is 0. The van der Waals surface area contributed by atoms with E-state index in [0.717, 1.165) is 39.3 Å². The molecular formula is C34H40N2. The normalized spacial score (nSPS) is 11.4. The maximum atomic E-state index is 2.59. The van der Waals surface area contributed by atoms with Crippen LogP contribution in [0.2, 0.25) is 0 Å². The third-order valence-electron chi connectivity index (χ3n) is 6.84. The highest BCUT2D eigenvalue weighted by Gasteiger charge is 2.13. The first-order valence-electron chi connectivity index (χ1n) is 13.1. The maximum absolute atomic E-state index is 2.59. The topological polar surface area (TPSA) is 6.48 Å². The molecule has 0 bridgehead atoms. The van der Waals surface area contributed by atoms with Gasteiger partial charge in [-0.1, -0.05) is 119 Å². The molecule has 0 aromatic heterocycles. The zero-order valence-electron chi connectivity index (χ0n) is 22.4. The van der Waals surface area contributed by atoms with Crippen LogP contribution in [-0.4, -0.2) is 22.9 Å².